The Bertz CT molecular complexity index is 500. The lowest BCUT2D eigenvalue weighted by Crippen LogP contribution is -2.43. The minimum atomic E-state index is 0.883. The van der Waals surface area contributed by atoms with E-state index in [9.17, 15) is 0 Å². The van der Waals surface area contributed by atoms with Crippen LogP contribution in [0.2, 0.25) is 0 Å². The first-order valence-electron chi connectivity index (χ1n) is 5.66. The Hall–Kier alpha value is -1.55. The van der Waals surface area contributed by atoms with E-state index in [1.165, 1.54) is 5.69 Å². The molecule has 1 aliphatic heterocycles. The zero-order valence-electron chi connectivity index (χ0n) is 9.36. The first kappa shape index (κ1) is 9.66. The second kappa shape index (κ2) is 3.79. The Balaban J connectivity index is 1.97. The van der Waals surface area contributed by atoms with E-state index in [2.05, 4.69) is 33.6 Å². The van der Waals surface area contributed by atoms with Crippen LogP contribution in [0.25, 0.3) is 11.0 Å². The summed E-state index contributed by atoms with van der Waals surface area (Å²) in [6.45, 7) is 6.18. The fourth-order valence-corrected chi connectivity index (χ4v) is 2.17. The Labute approximate surface area is 94.2 Å². The van der Waals surface area contributed by atoms with E-state index in [4.69, 9.17) is 4.52 Å². The number of fused-ring (bicyclic) bond motifs is 1. The van der Waals surface area contributed by atoms with Crippen molar-refractivity contribution in [2.45, 2.75) is 6.92 Å². The lowest BCUT2D eigenvalue weighted by atomic mass is 10.2. The van der Waals surface area contributed by atoms with Crippen LogP contribution in [0, 0.1) is 6.92 Å². The molecule has 16 heavy (non-hydrogen) atoms. The Morgan fingerprint density at radius 3 is 2.94 bits per heavy atom. The lowest BCUT2D eigenvalue weighted by molar-refractivity contribution is 0.450. The SMILES string of the molecule is Cc1noc2cc(N3CCNCC3)ccc12. The van der Waals surface area contributed by atoms with Gasteiger partial charge in [0.2, 0.25) is 0 Å². The summed E-state index contributed by atoms with van der Waals surface area (Å²) in [6.07, 6.45) is 0. The van der Waals surface area contributed by atoms with Crippen molar-refractivity contribution in [1.29, 1.82) is 0 Å². The molecule has 1 aromatic carbocycles. The number of anilines is 1. The highest BCUT2D eigenvalue weighted by Crippen LogP contribution is 2.24. The quantitative estimate of drug-likeness (QED) is 0.786. The van der Waals surface area contributed by atoms with Crippen molar-refractivity contribution in [1.82, 2.24) is 10.5 Å². The number of aromatic nitrogens is 1. The summed E-state index contributed by atoms with van der Waals surface area (Å²) in [6, 6.07) is 6.33. The molecule has 2 aromatic rings. The van der Waals surface area contributed by atoms with Gasteiger partial charge in [0.1, 0.15) is 0 Å². The minimum Gasteiger partial charge on any atom is -0.369 e. The minimum absolute atomic E-state index is 0.883. The van der Waals surface area contributed by atoms with E-state index in [0.29, 0.717) is 0 Å². The maximum absolute atomic E-state index is 5.29. The highest BCUT2D eigenvalue weighted by atomic mass is 16.5. The summed E-state index contributed by atoms with van der Waals surface area (Å²) in [7, 11) is 0. The number of nitrogens with one attached hydrogen (secondary N) is 1. The molecular weight excluding hydrogens is 202 g/mol. The summed E-state index contributed by atoms with van der Waals surface area (Å²) in [5.74, 6) is 0. The first-order chi connectivity index (χ1) is 7.84. The molecule has 4 heteroatoms. The zero-order chi connectivity index (χ0) is 11.0. The van der Waals surface area contributed by atoms with Crippen molar-refractivity contribution in [2.75, 3.05) is 31.1 Å². The van der Waals surface area contributed by atoms with Crippen molar-refractivity contribution >= 4 is 16.7 Å². The molecule has 3 rings (SSSR count). The molecule has 0 atom stereocenters. The van der Waals surface area contributed by atoms with Gasteiger partial charge in [-0.3, -0.25) is 0 Å². The normalized spacial score (nSPS) is 16.9. The van der Waals surface area contributed by atoms with Gasteiger partial charge in [-0.05, 0) is 19.1 Å². The van der Waals surface area contributed by atoms with E-state index >= 15 is 0 Å². The number of benzene rings is 1. The van der Waals surface area contributed by atoms with E-state index in [0.717, 1.165) is 42.8 Å². The largest absolute Gasteiger partial charge is 0.369 e. The van der Waals surface area contributed by atoms with E-state index in [1.807, 2.05) is 6.92 Å². The van der Waals surface area contributed by atoms with Crippen LogP contribution in [0.4, 0.5) is 5.69 Å². The summed E-state index contributed by atoms with van der Waals surface area (Å²) in [4.78, 5) is 2.37. The van der Waals surface area contributed by atoms with Crippen LogP contribution in [0.15, 0.2) is 22.7 Å². The van der Waals surface area contributed by atoms with Crippen molar-refractivity contribution < 1.29 is 4.52 Å². The molecule has 0 spiro atoms. The number of hydrogen-bond donors (Lipinski definition) is 1. The molecule has 1 saturated heterocycles. The molecule has 0 amide bonds. The monoisotopic (exact) mass is 217 g/mol. The molecule has 0 radical (unpaired) electrons. The Morgan fingerprint density at radius 1 is 1.31 bits per heavy atom. The van der Waals surface area contributed by atoms with Gasteiger partial charge < -0.3 is 14.7 Å². The van der Waals surface area contributed by atoms with Crippen LogP contribution < -0.4 is 10.2 Å². The number of aryl methyl sites for hydroxylation is 1. The first-order valence-corrected chi connectivity index (χ1v) is 5.66. The fraction of sp³-hybridized carbons (Fsp3) is 0.417. The fourth-order valence-electron chi connectivity index (χ4n) is 2.17. The number of nitrogens with zero attached hydrogens (tertiary/aromatic N) is 2. The van der Waals surface area contributed by atoms with Gasteiger partial charge in [0.15, 0.2) is 5.58 Å². The van der Waals surface area contributed by atoms with Crippen LogP contribution in [0.5, 0.6) is 0 Å². The van der Waals surface area contributed by atoms with Crippen LogP contribution in [0.1, 0.15) is 5.69 Å². The molecule has 1 N–H and O–H groups in total. The molecule has 1 fully saturated rings. The molecule has 1 aromatic heterocycles. The lowest BCUT2D eigenvalue weighted by Gasteiger charge is -2.29. The molecule has 2 heterocycles. The molecule has 0 unspecified atom stereocenters. The molecule has 0 aliphatic carbocycles. The number of rotatable bonds is 1. The van der Waals surface area contributed by atoms with E-state index in [1.54, 1.807) is 0 Å². The molecule has 84 valence electrons. The van der Waals surface area contributed by atoms with Crippen molar-refractivity contribution in [2.24, 2.45) is 0 Å². The van der Waals surface area contributed by atoms with Gasteiger partial charge in [-0.15, -0.1) is 0 Å². The van der Waals surface area contributed by atoms with Crippen LogP contribution >= 0.6 is 0 Å². The molecular formula is C12H15N3O. The van der Waals surface area contributed by atoms with Crippen molar-refractivity contribution in [3.63, 3.8) is 0 Å². The summed E-state index contributed by atoms with van der Waals surface area (Å²) in [5.41, 5.74) is 3.07. The van der Waals surface area contributed by atoms with Gasteiger partial charge in [0.25, 0.3) is 0 Å². The third kappa shape index (κ3) is 1.55. The van der Waals surface area contributed by atoms with Crippen molar-refractivity contribution in [3.8, 4) is 0 Å². The van der Waals surface area contributed by atoms with Crippen LogP contribution in [-0.2, 0) is 0 Å². The average molecular weight is 217 g/mol. The average Bonchev–Trinajstić information content (AvgIpc) is 2.72. The Kier molecular flexibility index (Phi) is 2.29. The third-order valence-electron chi connectivity index (χ3n) is 3.12. The number of piperazine rings is 1. The highest BCUT2D eigenvalue weighted by molar-refractivity contribution is 5.82. The van der Waals surface area contributed by atoms with Gasteiger partial charge in [-0.25, -0.2) is 0 Å². The molecule has 1 aliphatic rings. The summed E-state index contributed by atoms with van der Waals surface area (Å²) >= 11 is 0. The molecule has 4 nitrogen and oxygen atoms in total. The molecule has 0 saturated carbocycles. The number of hydrogen-bond acceptors (Lipinski definition) is 4. The van der Waals surface area contributed by atoms with Gasteiger partial charge >= 0.3 is 0 Å². The predicted octanol–water partition coefficient (Wildman–Crippen LogP) is 1.55. The topological polar surface area (TPSA) is 41.3 Å². The maximum Gasteiger partial charge on any atom is 0.169 e. The van der Waals surface area contributed by atoms with Gasteiger partial charge in [0, 0.05) is 43.3 Å². The third-order valence-corrected chi connectivity index (χ3v) is 3.12. The summed E-state index contributed by atoms with van der Waals surface area (Å²) < 4.78 is 5.29. The van der Waals surface area contributed by atoms with Crippen LogP contribution in [-0.4, -0.2) is 31.3 Å². The zero-order valence-corrected chi connectivity index (χ0v) is 9.36. The smallest absolute Gasteiger partial charge is 0.169 e. The molecule has 0 bridgehead atoms. The second-order valence-electron chi connectivity index (χ2n) is 4.19. The van der Waals surface area contributed by atoms with E-state index in [-0.39, 0.29) is 0 Å². The van der Waals surface area contributed by atoms with Gasteiger partial charge in [0.05, 0.1) is 5.69 Å². The summed E-state index contributed by atoms with van der Waals surface area (Å²) in [5, 5.41) is 8.43. The van der Waals surface area contributed by atoms with Gasteiger partial charge in [-0.1, -0.05) is 5.16 Å². The van der Waals surface area contributed by atoms with Crippen molar-refractivity contribution in [3.05, 3.63) is 23.9 Å². The Morgan fingerprint density at radius 2 is 2.12 bits per heavy atom. The maximum atomic E-state index is 5.29. The van der Waals surface area contributed by atoms with E-state index < -0.39 is 0 Å². The standard InChI is InChI=1S/C12H15N3O/c1-9-11-3-2-10(8-12(11)16-14-9)15-6-4-13-5-7-15/h2-3,8,13H,4-7H2,1H3. The van der Waals surface area contributed by atoms with Crippen LogP contribution in [0.3, 0.4) is 0 Å². The predicted molar refractivity (Wildman–Crippen MR) is 63.8 cm³/mol. The second-order valence-corrected chi connectivity index (χ2v) is 4.19. The highest BCUT2D eigenvalue weighted by Gasteiger charge is 2.12. The van der Waals surface area contributed by atoms with Gasteiger partial charge in [-0.2, -0.15) is 0 Å².